The predicted octanol–water partition coefficient (Wildman–Crippen LogP) is 2.11. The second-order valence-electron chi connectivity index (χ2n) is 5.05. The molecule has 1 N–H and O–H groups in total. The summed E-state index contributed by atoms with van der Waals surface area (Å²) in [5, 5.41) is 11.0. The highest BCUT2D eigenvalue weighted by Gasteiger charge is 2.16. The van der Waals surface area contributed by atoms with E-state index in [1.54, 1.807) is 0 Å². The van der Waals surface area contributed by atoms with Crippen LogP contribution in [0.5, 0.6) is 11.9 Å². The standard InChI is InChI=1S/C17H18N6O3/c1-3-25-16-14(10-18-17(21-16)26-4-2)20-15(24)13-11-19-23(22-13)12-8-6-5-7-9-12/h5-11H,3-4H2,1-2H3,(H,20,24). The lowest BCUT2D eigenvalue weighted by Gasteiger charge is -2.10. The van der Waals surface area contributed by atoms with E-state index in [2.05, 4.69) is 25.5 Å². The number of hydrogen-bond donors (Lipinski definition) is 1. The number of amides is 1. The van der Waals surface area contributed by atoms with Crippen molar-refractivity contribution in [3.05, 3.63) is 48.4 Å². The minimum absolute atomic E-state index is 0.158. The van der Waals surface area contributed by atoms with Crippen LogP contribution in [0.25, 0.3) is 5.69 Å². The third kappa shape index (κ3) is 3.94. The fourth-order valence-electron chi connectivity index (χ4n) is 2.12. The molecule has 0 fully saturated rings. The van der Waals surface area contributed by atoms with Gasteiger partial charge in [0.25, 0.3) is 5.91 Å². The molecule has 0 spiro atoms. The van der Waals surface area contributed by atoms with Crippen molar-refractivity contribution in [1.82, 2.24) is 25.0 Å². The lowest BCUT2D eigenvalue weighted by Crippen LogP contribution is -2.15. The number of ether oxygens (including phenoxy) is 2. The van der Waals surface area contributed by atoms with Crippen molar-refractivity contribution < 1.29 is 14.3 Å². The Morgan fingerprint density at radius 1 is 1.12 bits per heavy atom. The van der Waals surface area contributed by atoms with E-state index in [0.717, 1.165) is 5.69 Å². The molecule has 0 saturated carbocycles. The molecular weight excluding hydrogens is 336 g/mol. The molecule has 1 amide bonds. The molecule has 0 aliphatic heterocycles. The van der Waals surface area contributed by atoms with Crippen molar-refractivity contribution in [3.8, 4) is 17.6 Å². The van der Waals surface area contributed by atoms with Gasteiger partial charge in [0.1, 0.15) is 5.69 Å². The zero-order valence-electron chi connectivity index (χ0n) is 14.4. The summed E-state index contributed by atoms with van der Waals surface area (Å²) in [6, 6.07) is 9.49. The minimum atomic E-state index is -0.444. The van der Waals surface area contributed by atoms with E-state index in [-0.39, 0.29) is 17.6 Å². The average molecular weight is 354 g/mol. The van der Waals surface area contributed by atoms with Gasteiger partial charge >= 0.3 is 6.01 Å². The third-order valence-corrected chi connectivity index (χ3v) is 3.25. The van der Waals surface area contributed by atoms with E-state index in [0.29, 0.717) is 18.9 Å². The number of anilines is 1. The lowest BCUT2D eigenvalue weighted by atomic mass is 10.3. The second kappa shape index (κ2) is 8.06. The largest absolute Gasteiger partial charge is 0.476 e. The summed E-state index contributed by atoms with van der Waals surface area (Å²) in [6.45, 7) is 4.46. The molecule has 0 radical (unpaired) electrons. The smallest absolute Gasteiger partial charge is 0.319 e. The molecule has 2 heterocycles. The number of nitrogens with one attached hydrogen (secondary N) is 1. The van der Waals surface area contributed by atoms with Gasteiger partial charge in [-0.1, -0.05) is 18.2 Å². The van der Waals surface area contributed by atoms with Crippen LogP contribution in [0.2, 0.25) is 0 Å². The van der Waals surface area contributed by atoms with Gasteiger partial charge in [0.05, 0.1) is 31.3 Å². The molecule has 0 saturated heterocycles. The Kier molecular flexibility index (Phi) is 5.37. The normalized spacial score (nSPS) is 10.4. The summed E-state index contributed by atoms with van der Waals surface area (Å²) in [5.41, 5.74) is 1.24. The Labute approximate surface area is 150 Å². The first-order chi connectivity index (χ1) is 12.7. The van der Waals surface area contributed by atoms with E-state index in [4.69, 9.17) is 9.47 Å². The molecule has 2 aromatic heterocycles. The lowest BCUT2D eigenvalue weighted by molar-refractivity contribution is 0.102. The summed E-state index contributed by atoms with van der Waals surface area (Å²) in [7, 11) is 0. The van der Waals surface area contributed by atoms with Crippen LogP contribution in [0, 0.1) is 0 Å². The van der Waals surface area contributed by atoms with Crippen molar-refractivity contribution in [2.24, 2.45) is 0 Å². The Morgan fingerprint density at radius 3 is 2.62 bits per heavy atom. The first kappa shape index (κ1) is 17.3. The Morgan fingerprint density at radius 2 is 1.88 bits per heavy atom. The predicted molar refractivity (Wildman–Crippen MR) is 93.7 cm³/mol. The minimum Gasteiger partial charge on any atom is -0.476 e. The topological polar surface area (TPSA) is 104 Å². The van der Waals surface area contributed by atoms with Gasteiger partial charge in [-0.3, -0.25) is 4.79 Å². The maximum Gasteiger partial charge on any atom is 0.319 e. The zero-order chi connectivity index (χ0) is 18.4. The first-order valence-electron chi connectivity index (χ1n) is 8.13. The summed E-state index contributed by atoms with van der Waals surface area (Å²) < 4.78 is 10.7. The number of carbonyl (C=O) groups is 1. The molecular formula is C17H18N6O3. The Bertz CT molecular complexity index is 881. The van der Waals surface area contributed by atoms with Crippen LogP contribution in [0.15, 0.2) is 42.7 Å². The van der Waals surface area contributed by atoms with Crippen LogP contribution in [0.4, 0.5) is 5.69 Å². The van der Waals surface area contributed by atoms with Gasteiger partial charge in [0, 0.05) is 0 Å². The summed E-state index contributed by atoms with van der Waals surface area (Å²) in [4.78, 5) is 22.0. The molecule has 3 aromatic rings. The molecule has 0 aliphatic carbocycles. The summed E-state index contributed by atoms with van der Waals surface area (Å²) >= 11 is 0. The number of benzene rings is 1. The maximum absolute atomic E-state index is 12.5. The van der Waals surface area contributed by atoms with E-state index >= 15 is 0 Å². The van der Waals surface area contributed by atoms with Gasteiger partial charge in [-0.2, -0.15) is 14.9 Å². The molecule has 0 bridgehead atoms. The number of carbonyl (C=O) groups excluding carboxylic acids is 1. The monoisotopic (exact) mass is 354 g/mol. The Balaban J connectivity index is 1.78. The maximum atomic E-state index is 12.5. The molecule has 0 unspecified atom stereocenters. The highest BCUT2D eigenvalue weighted by molar-refractivity contribution is 6.03. The van der Waals surface area contributed by atoms with Crippen molar-refractivity contribution >= 4 is 11.6 Å². The zero-order valence-corrected chi connectivity index (χ0v) is 14.4. The fourth-order valence-corrected chi connectivity index (χ4v) is 2.12. The van der Waals surface area contributed by atoms with Gasteiger partial charge in [-0.25, -0.2) is 4.98 Å². The van der Waals surface area contributed by atoms with Crippen LogP contribution < -0.4 is 14.8 Å². The van der Waals surface area contributed by atoms with Crippen LogP contribution in [0.3, 0.4) is 0 Å². The molecule has 1 aromatic carbocycles. The quantitative estimate of drug-likeness (QED) is 0.693. The van der Waals surface area contributed by atoms with E-state index in [9.17, 15) is 4.79 Å². The van der Waals surface area contributed by atoms with Crippen LogP contribution in [-0.4, -0.2) is 44.1 Å². The van der Waals surface area contributed by atoms with Crippen molar-refractivity contribution in [2.75, 3.05) is 18.5 Å². The van der Waals surface area contributed by atoms with E-state index in [1.807, 2.05) is 44.2 Å². The van der Waals surface area contributed by atoms with E-state index < -0.39 is 5.91 Å². The molecule has 3 rings (SSSR count). The Hall–Kier alpha value is -3.49. The molecule has 0 aliphatic rings. The van der Waals surface area contributed by atoms with E-state index in [1.165, 1.54) is 17.2 Å². The molecule has 9 nitrogen and oxygen atoms in total. The summed E-state index contributed by atoms with van der Waals surface area (Å²) in [6.07, 6.45) is 2.82. The SMILES string of the molecule is CCOc1ncc(NC(=O)c2cnn(-c3ccccc3)n2)c(OCC)n1. The number of para-hydroxylation sites is 1. The molecule has 134 valence electrons. The van der Waals surface area contributed by atoms with Gasteiger partial charge in [0.15, 0.2) is 5.69 Å². The van der Waals surface area contributed by atoms with Crippen molar-refractivity contribution in [3.63, 3.8) is 0 Å². The fraction of sp³-hybridized carbons (Fsp3) is 0.235. The number of aromatic nitrogens is 5. The highest BCUT2D eigenvalue weighted by Crippen LogP contribution is 2.23. The van der Waals surface area contributed by atoms with Crippen LogP contribution in [0.1, 0.15) is 24.3 Å². The molecule has 26 heavy (non-hydrogen) atoms. The van der Waals surface area contributed by atoms with Crippen LogP contribution in [-0.2, 0) is 0 Å². The average Bonchev–Trinajstić information content (AvgIpc) is 3.15. The van der Waals surface area contributed by atoms with Gasteiger partial charge in [0.2, 0.25) is 5.88 Å². The van der Waals surface area contributed by atoms with Gasteiger partial charge in [-0.15, -0.1) is 5.10 Å². The second-order valence-corrected chi connectivity index (χ2v) is 5.05. The molecule has 9 heteroatoms. The van der Waals surface area contributed by atoms with Gasteiger partial charge < -0.3 is 14.8 Å². The van der Waals surface area contributed by atoms with Crippen LogP contribution >= 0.6 is 0 Å². The number of rotatable bonds is 7. The number of hydrogen-bond acceptors (Lipinski definition) is 7. The third-order valence-electron chi connectivity index (χ3n) is 3.25. The summed E-state index contributed by atoms with van der Waals surface area (Å²) in [5.74, 6) is -0.212. The van der Waals surface area contributed by atoms with Crippen molar-refractivity contribution in [2.45, 2.75) is 13.8 Å². The van der Waals surface area contributed by atoms with Crippen molar-refractivity contribution in [1.29, 1.82) is 0 Å². The number of nitrogens with zero attached hydrogens (tertiary/aromatic N) is 5. The molecule has 0 atom stereocenters. The van der Waals surface area contributed by atoms with Gasteiger partial charge in [-0.05, 0) is 26.0 Å². The first-order valence-corrected chi connectivity index (χ1v) is 8.13. The highest BCUT2D eigenvalue weighted by atomic mass is 16.5.